The molecule has 1 nitrogen and oxygen atoms in total. The predicted octanol–water partition coefficient (Wildman–Crippen LogP) is 7.96. The van der Waals surface area contributed by atoms with E-state index in [1.54, 1.807) is 12.3 Å². The molecule has 5 aromatic rings. The highest BCUT2D eigenvalue weighted by Gasteiger charge is 2.20. The summed E-state index contributed by atoms with van der Waals surface area (Å²) in [5.41, 5.74) is 1.28. The van der Waals surface area contributed by atoms with Gasteiger partial charge in [-0.25, -0.2) is 0 Å². The molecule has 2 heterocycles. The highest BCUT2D eigenvalue weighted by molar-refractivity contribution is 7.20. The number of hydrogen-bond acceptors (Lipinski definition) is 2. The Balaban J connectivity index is 2.09. The summed E-state index contributed by atoms with van der Waals surface area (Å²) in [5, 5.41) is 5.36. The van der Waals surface area contributed by atoms with E-state index in [0.717, 1.165) is 37.2 Å². The zero-order chi connectivity index (χ0) is 23.9. The summed E-state index contributed by atoms with van der Waals surface area (Å²) >= 11 is 1.44. The first kappa shape index (κ1) is 12.9. The third kappa shape index (κ3) is 2.55. The maximum atomic E-state index is 8.91. The lowest BCUT2D eigenvalue weighted by Gasteiger charge is -2.17. The second-order valence-electron chi connectivity index (χ2n) is 8.42. The van der Waals surface area contributed by atoms with Crippen LogP contribution in [0, 0.1) is 19.2 Å². The summed E-state index contributed by atoms with van der Waals surface area (Å²) in [6.07, 6.45) is 0.0383. The number of aryl methyl sites for hydroxylation is 2. The molecule has 3 aromatic carbocycles. The van der Waals surface area contributed by atoms with Crippen molar-refractivity contribution in [3.63, 3.8) is 0 Å². The molecule has 0 aliphatic rings. The second kappa shape index (κ2) is 6.02. The van der Waals surface area contributed by atoms with Gasteiger partial charge in [-0.05, 0) is 58.9 Å². The van der Waals surface area contributed by atoms with E-state index in [0.29, 0.717) is 15.8 Å². The van der Waals surface area contributed by atoms with Crippen LogP contribution in [0.3, 0.4) is 0 Å². The number of rotatable bonds is 1. The molecule has 0 saturated carbocycles. The number of nitrogens with zero attached hydrogens (tertiary/aromatic N) is 1. The van der Waals surface area contributed by atoms with Crippen LogP contribution in [0.5, 0.6) is 0 Å². The van der Waals surface area contributed by atoms with Gasteiger partial charge in [0.05, 0.1) is 5.52 Å². The first-order valence-electron chi connectivity index (χ1n) is 12.0. The zero-order valence-corrected chi connectivity index (χ0v) is 17.3. The minimum absolute atomic E-state index is 0.280. The lowest BCUT2D eigenvalue weighted by molar-refractivity contribution is 0.414. The Morgan fingerprint density at radius 3 is 2.46 bits per heavy atom. The summed E-state index contributed by atoms with van der Waals surface area (Å²) < 4.78 is 43.4. The molecule has 2 aromatic heterocycles. The molecule has 140 valence electrons. The first-order valence-corrected chi connectivity index (χ1v) is 10.3. The molecule has 0 aliphatic carbocycles. The molecule has 0 spiro atoms. The maximum absolute atomic E-state index is 8.91. The van der Waals surface area contributed by atoms with E-state index in [1.165, 1.54) is 11.3 Å². The molecule has 0 unspecified atom stereocenters. The molecule has 0 atom stereocenters. The van der Waals surface area contributed by atoms with Crippen molar-refractivity contribution < 1.29 is 6.85 Å². The van der Waals surface area contributed by atoms with E-state index in [-0.39, 0.29) is 5.56 Å². The number of hydrogen-bond donors (Lipinski definition) is 0. The van der Waals surface area contributed by atoms with Crippen molar-refractivity contribution in [2.75, 3.05) is 0 Å². The fourth-order valence-corrected chi connectivity index (χ4v) is 5.53. The Morgan fingerprint density at radius 2 is 1.71 bits per heavy atom. The lowest BCUT2D eigenvalue weighted by Crippen LogP contribution is -2.08. The monoisotopic (exact) mass is 388 g/mol. The van der Waals surface area contributed by atoms with Crippen LogP contribution < -0.4 is 0 Å². The van der Waals surface area contributed by atoms with Crippen molar-refractivity contribution in [3.8, 4) is 0 Å². The zero-order valence-electron chi connectivity index (χ0n) is 21.5. The van der Waals surface area contributed by atoms with E-state index >= 15 is 0 Å². The number of thiophene rings is 1. The quantitative estimate of drug-likeness (QED) is 0.265. The van der Waals surface area contributed by atoms with Gasteiger partial charge in [-0.15, -0.1) is 11.3 Å². The van der Waals surface area contributed by atoms with Crippen molar-refractivity contribution in [3.05, 3.63) is 64.7 Å². The minimum Gasteiger partial charge on any atom is -0.256 e. The largest absolute Gasteiger partial charge is 0.256 e. The number of fused-ring (bicyclic) bond motifs is 8. The van der Waals surface area contributed by atoms with Crippen molar-refractivity contribution in [1.29, 1.82) is 0 Å². The van der Waals surface area contributed by atoms with Crippen LogP contribution in [0.4, 0.5) is 0 Å². The molecule has 28 heavy (non-hydrogen) atoms. The highest BCUT2D eigenvalue weighted by Crippen LogP contribution is 2.44. The maximum Gasteiger partial charge on any atom is 0.0789 e. The Labute approximate surface area is 177 Å². The normalized spacial score (nSPS) is 16.2. The predicted molar refractivity (Wildman–Crippen MR) is 125 cm³/mol. The molecular weight excluding hydrogens is 358 g/mol. The van der Waals surface area contributed by atoms with Crippen LogP contribution >= 0.6 is 11.3 Å². The molecule has 2 heteroatoms. The molecule has 0 fully saturated rings. The molecule has 0 aliphatic heterocycles. The van der Waals surface area contributed by atoms with Crippen LogP contribution in [0.2, 0.25) is 0 Å². The fraction of sp³-hybridized carbons (Fsp3) is 0.269. The fourth-order valence-electron chi connectivity index (χ4n) is 4.06. The van der Waals surface area contributed by atoms with Gasteiger partial charge in [0.1, 0.15) is 0 Å². The molecule has 0 bridgehead atoms. The van der Waals surface area contributed by atoms with Crippen LogP contribution in [0.1, 0.15) is 43.6 Å². The summed E-state index contributed by atoms with van der Waals surface area (Å²) in [6.45, 7) is 5.40. The van der Waals surface area contributed by atoms with Gasteiger partial charge in [-0.3, -0.25) is 4.98 Å². The van der Waals surface area contributed by atoms with E-state index in [2.05, 4.69) is 11.1 Å². The van der Waals surface area contributed by atoms with Crippen molar-refractivity contribution in [2.24, 2.45) is 5.41 Å². The SMILES string of the molecule is [2H]C([2H])([2H])c1ccnc2c3ccccc3c3ccc4c(C)c(C([2H])([2H])C(C)(C)C)sc4c3c12. The van der Waals surface area contributed by atoms with Crippen LogP contribution in [-0.2, 0) is 6.37 Å². The van der Waals surface area contributed by atoms with Crippen molar-refractivity contribution in [2.45, 2.75) is 40.9 Å². The standard InChI is InChI=1S/C26H25NS/c1-15-12-13-27-24-20-9-7-6-8-18(20)19-11-10-17-16(2)21(14-26(3,4)5)28-25(17)23(19)22(15)24/h6-13H,14H2,1-5H3/i1D3,14D2. The summed E-state index contributed by atoms with van der Waals surface area (Å²) in [4.78, 5) is 5.33. The van der Waals surface area contributed by atoms with Gasteiger partial charge in [0.15, 0.2) is 0 Å². The molecule has 0 radical (unpaired) electrons. The Morgan fingerprint density at radius 1 is 0.964 bits per heavy atom. The van der Waals surface area contributed by atoms with Crippen LogP contribution in [0.15, 0.2) is 48.7 Å². The number of aromatic nitrogens is 1. The lowest BCUT2D eigenvalue weighted by atomic mass is 9.89. The highest BCUT2D eigenvalue weighted by atomic mass is 32.1. The van der Waals surface area contributed by atoms with Gasteiger partial charge in [0.25, 0.3) is 0 Å². The van der Waals surface area contributed by atoms with Gasteiger partial charge in [0.2, 0.25) is 0 Å². The average molecular weight is 389 g/mol. The summed E-state index contributed by atoms with van der Waals surface area (Å²) in [5.74, 6) is 0. The van der Waals surface area contributed by atoms with Crippen LogP contribution in [-0.4, -0.2) is 4.98 Å². The third-order valence-corrected chi connectivity index (χ3v) is 6.51. The molecular formula is C26H25NS. The average Bonchev–Trinajstić information content (AvgIpc) is 3.09. The van der Waals surface area contributed by atoms with E-state index in [1.807, 2.05) is 58.0 Å². The van der Waals surface area contributed by atoms with Gasteiger partial charge in [0, 0.05) is 38.8 Å². The third-order valence-electron chi connectivity index (χ3n) is 5.27. The molecule has 0 saturated heterocycles. The van der Waals surface area contributed by atoms with E-state index < -0.39 is 18.6 Å². The minimum atomic E-state index is -2.30. The van der Waals surface area contributed by atoms with Gasteiger partial charge < -0.3 is 0 Å². The smallest absolute Gasteiger partial charge is 0.0789 e. The number of pyridine rings is 1. The number of benzene rings is 3. The van der Waals surface area contributed by atoms with Crippen molar-refractivity contribution in [1.82, 2.24) is 4.98 Å². The summed E-state index contributed by atoms with van der Waals surface area (Å²) in [7, 11) is 0. The van der Waals surface area contributed by atoms with Crippen LogP contribution in [0.25, 0.3) is 42.5 Å². The first-order chi connectivity index (χ1) is 15.3. The Hall–Kier alpha value is -2.45. The Kier molecular flexibility index (Phi) is 2.77. The molecule has 5 rings (SSSR count). The Bertz CT molecular complexity index is 1570. The van der Waals surface area contributed by atoms with E-state index in [9.17, 15) is 0 Å². The van der Waals surface area contributed by atoms with Crippen molar-refractivity contribution >= 4 is 53.9 Å². The van der Waals surface area contributed by atoms with E-state index in [4.69, 9.17) is 6.85 Å². The van der Waals surface area contributed by atoms with Gasteiger partial charge >= 0.3 is 0 Å². The van der Waals surface area contributed by atoms with Gasteiger partial charge in [-0.2, -0.15) is 0 Å². The topological polar surface area (TPSA) is 12.9 Å². The molecule has 0 N–H and O–H groups in total. The second-order valence-corrected chi connectivity index (χ2v) is 9.44. The molecule has 0 amide bonds. The summed E-state index contributed by atoms with van der Waals surface area (Å²) in [6, 6.07) is 13.7. The van der Waals surface area contributed by atoms with Gasteiger partial charge in [-0.1, -0.05) is 57.2 Å².